The molecular weight excluding hydrogens is 751 g/mol. The van der Waals surface area contributed by atoms with E-state index in [1.807, 2.05) is 23.1 Å². The molecule has 0 spiro atoms. The highest BCUT2D eigenvalue weighted by Gasteiger charge is 2.48. The van der Waals surface area contributed by atoms with E-state index in [2.05, 4.69) is 36.0 Å². The van der Waals surface area contributed by atoms with Crippen LogP contribution in [0.5, 0.6) is 5.88 Å². The number of fused-ring (bicyclic) bond motifs is 1. The van der Waals surface area contributed by atoms with Gasteiger partial charge in [-0.1, -0.05) is 0 Å². The number of hydrogen-bond donors (Lipinski definition) is 4. The number of aliphatic hydroxyl groups excluding tert-OH is 1. The molecule has 0 unspecified atom stereocenters. The fourth-order valence-corrected chi connectivity index (χ4v) is 5.81. The van der Waals surface area contributed by atoms with Crippen molar-refractivity contribution in [1.29, 1.82) is 5.26 Å². The number of likely N-dealkylation sites (tertiary alicyclic amines) is 1. The molecule has 14 nitrogen and oxygen atoms in total. The van der Waals surface area contributed by atoms with Crippen LogP contribution in [-0.2, 0) is 27.9 Å². The summed E-state index contributed by atoms with van der Waals surface area (Å²) in [5.74, 6) is -5.63. The van der Waals surface area contributed by atoms with Gasteiger partial charge in [-0.05, 0) is 43.4 Å². The van der Waals surface area contributed by atoms with Gasteiger partial charge in [-0.25, -0.2) is 24.5 Å². The quantitative estimate of drug-likeness (QED) is 0.176. The second kappa shape index (κ2) is 16.3. The zero-order valence-corrected chi connectivity index (χ0v) is 27.5. The van der Waals surface area contributed by atoms with E-state index in [4.69, 9.17) is 24.5 Å². The number of aromatic nitrogens is 6. The Morgan fingerprint density at radius 1 is 0.981 bits per heavy atom. The van der Waals surface area contributed by atoms with Crippen molar-refractivity contribution < 1.29 is 69.2 Å². The van der Waals surface area contributed by atoms with Crippen LogP contribution in [0, 0.1) is 11.3 Å². The fourth-order valence-electron chi connectivity index (χ4n) is 5.81. The summed E-state index contributed by atoms with van der Waals surface area (Å²) >= 11 is 0. The lowest BCUT2D eigenvalue weighted by Crippen LogP contribution is -2.65. The first-order chi connectivity index (χ1) is 25.2. The minimum atomic E-state index is -5.08. The van der Waals surface area contributed by atoms with Gasteiger partial charge >= 0.3 is 30.5 Å². The minimum absolute atomic E-state index is 0.111. The Kier molecular flexibility index (Phi) is 12.4. The van der Waals surface area contributed by atoms with E-state index in [1.165, 1.54) is 12.4 Å². The van der Waals surface area contributed by atoms with E-state index in [9.17, 15) is 49.9 Å². The van der Waals surface area contributed by atoms with Gasteiger partial charge in [0.05, 0.1) is 31.0 Å². The van der Waals surface area contributed by atoms with E-state index < -0.39 is 48.3 Å². The number of pyridine rings is 1. The molecule has 1 saturated heterocycles. The number of ether oxygens (including phenoxy) is 1. The third kappa shape index (κ3) is 10.1. The average Bonchev–Trinajstić information content (AvgIpc) is 3.77. The molecular formula is C31H29F9N8O6. The normalized spacial score (nSPS) is 18.6. The molecule has 1 aliphatic carbocycles. The number of halogens is 9. The van der Waals surface area contributed by atoms with Crippen LogP contribution in [0.2, 0.25) is 0 Å². The molecule has 0 amide bonds. The zero-order chi connectivity index (χ0) is 40.1. The number of aliphatic hydroxyl groups is 1. The summed E-state index contributed by atoms with van der Waals surface area (Å²) in [4.78, 5) is 35.5. The average molecular weight is 781 g/mol. The topological polar surface area (TPSA) is 203 Å². The fraction of sp³-hybridized carbons (Fsp3) is 0.452. The van der Waals surface area contributed by atoms with Crippen molar-refractivity contribution in [2.24, 2.45) is 0 Å². The van der Waals surface area contributed by atoms with Crippen LogP contribution < -0.4 is 4.74 Å². The van der Waals surface area contributed by atoms with Crippen molar-refractivity contribution in [3.8, 4) is 23.2 Å². The maximum atomic E-state index is 13.2. The number of nitriles is 1. The number of nitrogens with zero attached hydrogens (tertiary/aromatic N) is 7. The summed E-state index contributed by atoms with van der Waals surface area (Å²) in [5.41, 5.74) is 0.980. The van der Waals surface area contributed by atoms with Gasteiger partial charge in [0.2, 0.25) is 5.88 Å². The first-order valence-corrected chi connectivity index (χ1v) is 15.6. The summed E-state index contributed by atoms with van der Waals surface area (Å²) in [7, 11) is 0. The molecule has 23 heteroatoms. The van der Waals surface area contributed by atoms with E-state index in [0.29, 0.717) is 32.4 Å². The number of alkyl halides is 9. The maximum absolute atomic E-state index is 13.2. The molecule has 4 aromatic heterocycles. The number of aliphatic carboxylic acids is 2. The lowest BCUT2D eigenvalue weighted by atomic mass is 9.82. The van der Waals surface area contributed by atoms with Crippen LogP contribution in [0.3, 0.4) is 0 Å². The molecule has 4 aromatic rings. The van der Waals surface area contributed by atoms with E-state index in [1.54, 1.807) is 6.20 Å². The predicted octanol–water partition coefficient (Wildman–Crippen LogP) is 5.31. The Hall–Kier alpha value is -5.50. The first-order valence-electron chi connectivity index (χ1n) is 15.6. The summed E-state index contributed by atoms with van der Waals surface area (Å²) in [6.07, 6.45) is -4.71. The molecule has 4 N–H and O–H groups in total. The zero-order valence-electron chi connectivity index (χ0n) is 27.5. The molecule has 54 heavy (non-hydrogen) atoms. The number of carboxylic acid groups (broad SMARTS) is 2. The van der Waals surface area contributed by atoms with Crippen LogP contribution in [0.25, 0.3) is 22.3 Å². The molecule has 1 aliphatic heterocycles. The Morgan fingerprint density at radius 3 is 2.13 bits per heavy atom. The van der Waals surface area contributed by atoms with Crippen molar-refractivity contribution in [2.45, 2.75) is 74.9 Å². The monoisotopic (exact) mass is 780 g/mol. The van der Waals surface area contributed by atoms with Gasteiger partial charge in [0.15, 0.2) is 0 Å². The van der Waals surface area contributed by atoms with Gasteiger partial charge in [0.1, 0.15) is 29.3 Å². The van der Waals surface area contributed by atoms with E-state index in [0.717, 1.165) is 41.2 Å². The second-order valence-electron chi connectivity index (χ2n) is 12.1. The molecule has 0 bridgehead atoms. The lowest BCUT2D eigenvalue weighted by molar-refractivity contribution is -0.193. The highest BCUT2D eigenvalue weighted by molar-refractivity contribution is 5.90. The van der Waals surface area contributed by atoms with E-state index >= 15 is 0 Å². The molecule has 5 heterocycles. The molecule has 0 aromatic carbocycles. The van der Waals surface area contributed by atoms with Crippen LogP contribution in [0.4, 0.5) is 39.5 Å². The van der Waals surface area contributed by atoms with Gasteiger partial charge < -0.3 is 25.0 Å². The summed E-state index contributed by atoms with van der Waals surface area (Å²) in [6.45, 7) is 0.827. The van der Waals surface area contributed by atoms with Crippen molar-refractivity contribution in [3.63, 3.8) is 0 Å². The number of aromatic amines is 1. The Morgan fingerprint density at radius 2 is 1.59 bits per heavy atom. The van der Waals surface area contributed by atoms with Crippen molar-refractivity contribution in [1.82, 2.24) is 34.6 Å². The molecule has 6 rings (SSSR count). The molecule has 292 valence electrons. The largest absolute Gasteiger partial charge is 0.490 e. The third-order valence-corrected chi connectivity index (χ3v) is 8.37. The van der Waals surface area contributed by atoms with Gasteiger partial charge in [-0.3, -0.25) is 9.58 Å². The Bertz CT molecular complexity index is 1930. The van der Waals surface area contributed by atoms with Crippen LogP contribution in [-0.4, -0.2) is 99.5 Å². The number of carbonyl (C=O) groups is 2. The molecule has 0 atom stereocenters. The molecule has 1 saturated carbocycles. The number of carboxylic acids is 2. The first kappa shape index (κ1) is 41.3. The summed E-state index contributed by atoms with van der Waals surface area (Å²) < 4.78 is 111. The van der Waals surface area contributed by atoms with Gasteiger partial charge in [0, 0.05) is 48.5 Å². The van der Waals surface area contributed by atoms with Gasteiger partial charge in [-0.15, -0.1) is 0 Å². The standard InChI is InChI=1S/C27H27F3N8O2.2C2HF3O2/c28-27(29,30)22-9-17(13-39)10-23(36-22)40-20-3-1-19(2-4-20)37-14-26(15-37,6-7-31)38-12-18(11-35-38)24-21-5-8-32-25(21)34-16-33-24;2*3-2(4,5)1(6)7/h5,8-12,16,19-20,39H,1-4,6,13-15H2,(H,32,33,34);2*(H,6,7)/t19-,20+;;. The number of rotatable bonds is 7. The lowest BCUT2D eigenvalue weighted by Gasteiger charge is -2.53. The number of H-pyrrole nitrogens is 1. The summed E-state index contributed by atoms with van der Waals surface area (Å²) in [6, 6.07) is 6.72. The molecule has 0 radical (unpaired) electrons. The van der Waals surface area contributed by atoms with Crippen LogP contribution in [0.15, 0.2) is 43.1 Å². The molecule has 2 aliphatic rings. The molecule has 2 fully saturated rings. The number of nitrogens with one attached hydrogen (secondary N) is 1. The number of hydrogen-bond acceptors (Lipinski definition) is 10. The van der Waals surface area contributed by atoms with Crippen LogP contribution >= 0.6 is 0 Å². The maximum Gasteiger partial charge on any atom is 0.490 e. The highest BCUT2D eigenvalue weighted by atomic mass is 19.4. The van der Waals surface area contributed by atoms with Gasteiger partial charge in [-0.2, -0.15) is 49.9 Å². The summed E-state index contributed by atoms with van der Waals surface area (Å²) in [5, 5.41) is 38.7. The Labute approximate surface area is 297 Å². The third-order valence-electron chi connectivity index (χ3n) is 8.37. The smallest absolute Gasteiger partial charge is 0.475 e. The van der Waals surface area contributed by atoms with Crippen molar-refractivity contribution >= 4 is 23.0 Å². The van der Waals surface area contributed by atoms with Crippen molar-refractivity contribution in [2.75, 3.05) is 13.1 Å². The van der Waals surface area contributed by atoms with Gasteiger partial charge in [0.25, 0.3) is 0 Å². The predicted molar refractivity (Wildman–Crippen MR) is 164 cm³/mol. The van der Waals surface area contributed by atoms with Crippen molar-refractivity contribution in [3.05, 3.63) is 54.4 Å². The SMILES string of the molecule is N#CCC1(n2cc(-c3ncnc4[nH]ccc34)cn2)CN([C@H]2CC[C@@H](Oc3cc(CO)cc(C(F)(F)F)n3)CC2)C1.O=C(O)C(F)(F)F.O=C(O)C(F)(F)F. The second-order valence-corrected chi connectivity index (χ2v) is 12.1. The van der Waals surface area contributed by atoms with E-state index in [-0.39, 0.29) is 23.6 Å². The van der Waals surface area contributed by atoms with Crippen LogP contribution in [0.1, 0.15) is 43.4 Å². The highest BCUT2D eigenvalue weighted by Crippen LogP contribution is 2.39. The minimum Gasteiger partial charge on any atom is -0.475 e. The Balaban J connectivity index is 0.000000396.